The van der Waals surface area contributed by atoms with Gasteiger partial charge >= 0.3 is 0 Å². The highest BCUT2D eigenvalue weighted by molar-refractivity contribution is 6.30. The predicted octanol–water partition coefficient (Wildman–Crippen LogP) is 3.45. The fourth-order valence-corrected chi connectivity index (χ4v) is 1.60. The molecule has 0 aliphatic heterocycles. The molecule has 0 aliphatic carbocycles. The lowest BCUT2D eigenvalue weighted by molar-refractivity contribution is 0.728. The SMILES string of the molecule is CC(Nn1cccc1)c1ccc(Cl)cc1. The summed E-state index contributed by atoms with van der Waals surface area (Å²) in [6.07, 6.45) is 3.96. The van der Waals surface area contributed by atoms with E-state index in [0.717, 1.165) is 5.02 Å². The van der Waals surface area contributed by atoms with Crippen LogP contribution < -0.4 is 5.43 Å². The summed E-state index contributed by atoms with van der Waals surface area (Å²) in [5.74, 6) is 0. The summed E-state index contributed by atoms with van der Waals surface area (Å²) in [6, 6.07) is 12.1. The first-order valence-corrected chi connectivity index (χ1v) is 5.28. The molecule has 1 atom stereocenters. The van der Waals surface area contributed by atoms with Crippen molar-refractivity contribution in [3.63, 3.8) is 0 Å². The number of hydrogen-bond donors (Lipinski definition) is 1. The van der Waals surface area contributed by atoms with Gasteiger partial charge in [-0.2, -0.15) is 0 Å². The molecule has 0 fully saturated rings. The average Bonchev–Trinajstić information content (AvgIpc) is 2.71. The molecule has 0 aliphatic rings. The third-order valence-electron chi connectivity index (χ3n) is 2.32. The number of rotatable bonds is 3. The quantitative estimate of drug-likeness (QED) is 0.839. The number of hydrogen-bond acceptors (Lipinski definition) is 1. The van der Waals surface area contributed by atoms with Crippen molar-refractivity contribution in [3.05, 3.63) is 59.4 Å². The summed E-state index contributed by atoms with van der Waals surface area (Å²) >= 11 is 5.83. The first kappa shape index (κ1) is 10.1. The molecule has 2 aromatic rings. The number of nitrogens with one attached hydrogen (secondary N) is 1. The van der Waals surface area contributed by atoms with Crippen LogP contribution in [0.5, 0.6) is 0 Å². The topological polar surface area (TPSA) is 17.0 Å². The lowest BCUT2D eigenvalue weighted by Crippen LogP contribution is -2.16. The van der Waals surface area contributed by atoms with Gasteiger partial charge in [0.1, 0.15) is 0 Å². The van der Waals surface area contributed by atoms with Crippen LogP contribution in [0.25, 0.3) is 0 Å². The van der Waals surface area contributed by atoms with E-state index < -0.39 is 0 Å². The Bertz CT molecular complexity index is 406. The Morgan fingerprint density at radius 2 is 1.73 bits per heavy atom. The van der Waals surface area contributed by atoms with Gasteiger partial charge in [0.25, 0.3) is 0 Å². The van der Waals surface area contributed by atoms with Crippen molar-refractivity contribution in [3.8, 4) is 0 Å². The Hall–Kier alpha value is -1.41. The summed E-state index contributed by atoms with van der Waals surface area (Å²) in [7, 11) is 0. The second kappa shape index (κ2) is 4.41. The minimum atomic E-state index is 0.259. The monoisotopic (exact) mass is 220 g/mol. The second-order valence-corrected chi connectivity index (χ2v) is 3.93. The van der Waals surface area contributed by atoms with E-state index in [4.69, 9.17) is 11.6 Å². The van der Waals surface area contributed by atoms with Gasteiger partial charge in [0, 0.05) is 17.4 Å². The van der Waals surface area contributed by atoms with Crippen LogP contribution in [-0.4, -0.2) is 4.68 Å². The highest BCUT2D eigenvalue weighted by atomic mass is 35.5. The standard InChI is InChI=1S/C12H13ClN2/c1-10(14-15-8-2-3-9-15)11-4-6-12(13)7-5-11/h2-10,14H,1H3. The van der Waals surface area contributed by atoms with Crippen LogP contribution in [0.1, 0.15) is 18.5 Å². The van der Waals surface area contributed by atoms with Crippen LogP contribution in [0.2, 0.25) is 5.02 Å². The Kier molecular flexibility index (Phi) is 2.97. The van der Waals surface area contributed by atoms with Crippen LogP contribution in [0.15, 0.2) is 48.8 Å². The van der Waals surface area contributed by atoms with Gasteiger partial charge in [-0.15, -0.1) is 0 Å². The summed E-state index contributed by atoms with van der Waals surface area (Å²) in [5.41, 5.74) is 4.55. The van der Waals surface area contributed by atoms with Crippen molar-refractivity contribution >= 4 is 11.6 Å². The lowest BCUT2D eigenvalue weighted by atomic mass is 10.1. The zero-order valence-corrected chi connectivity index (χ0v) is 9.28. The summed E-state index contributed by atoms with van der Waals surface area (Å²) in [6.45, 7) is 2.11. The molecular formula is C12H13ClN2. The molecular weight excluding hydrogens is 208 g/mol. The smallest absolute Gasteiger partial charge is 0.0645 e. The van der Waals surface area contributed by atoms with Crippen LogP contribution in [0.3, 0.4) is 0 Å². The molecule has 0 bridgehead atoms. The van der Waals surface area contributed by atoms with Crippen molar-refractivity contribution < 1.29 is 0 Å². The van der Waals surface area contributed by atoms with Crippen molar-refractivity contribution in [1.82, 2.24) is 4.68 Å². The maximum absolute atomic E-state index is 5.83. The van der Waals surface area contributed by atoms with E-state index in [2.05, 4.69) is 12.3 Å². The molecule has 78 valence electrons. The minimum Gasteiger partial charge on any atom is -0.319 e. The molecule has 15 heavy (non-hydrogen) atoms. The molecule has 2 rings (SSSR count). The molecule has 1 unspecified atom stereocenters. The van der Waals surface area contributed by atoms with Crippen LogP contribution in [0.4, 0.5) is 0 Å². The summed E-state index contributed by atoms with van der Waals surface area (Å²) in [5, 5.41) is 0.770. The Morgan fingerprint density at radius 3 is 2.33 bits per heavy atom. The second-order valence-electron chi connectivity index (χ2n) is 3.49. The van der Waals surface area contributed by atoms with E-state index in [1.54, 1.807) is 0 Å². The number of nitrogens with zero attached hydrogens (tertiary/aromatic N) is 1. The number of aromatic nitrogens is 1. The first-order chi connectivity index (χ1) is 7.25. The molecule has 1 heterocycles. The largest absolute Gasteiger partial charge is 0.319 e. The maximum Gasteiger partial charge on any atom is 0.0645 e. The van der Waals surface area contributed by atoms with E-state index >= 15 is 0 Å². The third-order valence-corrected chi connectivity index (χ3v) is 2.57. The van der Waals surface area contributed by atoms with Gasteiger partial charge in [-0.25, -0.2) is 0 Å². The lowest BCUT2D eigenvalue weighted by Gasteiger charge is -2.16. The van der Waals surface area contributed by atoms with E-state index in [9.17, 15) is 0 Å². The van der Waals surface area contributed by atoms with Gasteiger partial charge < -0.3 is 5.43 Å². The third kappa shape index (κ3) is 2.54. The van der Waals surface area contributed by atoms with Crippen molar-refractivity contribution in [1.29, 1.82) is 0 Å². The normalized spacial score (nSPS) is 12.4. The molecule has 1 N–H and O–H groups in total. The Morgan fingerprint density at radius 1 is 1.13 bits per heavy atom. The summed E-state index contributed by atoms with van der Waals surface area (Å²) < 4.78 is 1.94. The fraction of sp³-hybridized carbons (Fsp3) is 0.167. The molecule has 0 spiro atoms. The van der Waals surface area contributed by atoms with Gasteiger partial charge in [-0.1, -0.05) is 23.7 Å². The van der Waals surface area contributed by atoms with Gasteiger partial charge in [0.15, 0.2) is 0 Å². The van der Waals surface area contributed by atoms with Gasteiger partial charge in [0.2, 0.25) is 0 Å². The highest BCUT2D eigenvalue weighted by Crippen LogP contribution is 2.16. The Balaban J connectivity index is 2.08. The van der Waals surface area contributed by atoms with Gasteiger partial charge in [-0.3, -0.25) is 4.68 Å². The van der Waals surface area contributed by atoms with Gasteiger partial charge in [-0.05, 0) is 36.8 Å². The average molecular weight is 221 g/mol. The van der Waals surface area contributed by atoms with Crippen molar-refractivity contribution in [2.24, 2.45) is 0 Å². The van der Waals surface area contributed by atoms with Crippen molar-refractivity contribution in [2.45, 2.75) is 13.0 Å². The molecule has 3 heteroatoms. The van der Waals surface area contributed by atoms with E-state index in [1.807, 2.05) is 53.5 Å². The van der Waals surface area contributed by atoms with E-state index in [0.29, 0.717) is 0 Å². The molecule has 1 aromatic carbocycles. The fourth-order valence-electron chi connectivity index (χ4n) is 1.47. The first-order valence-electron chi connectivity index (χ1n) is 4.91. The molecule has 0 amide bonds. The zero-order chi connectivity index (χ0) is 10.7. The van der Waals surface area contributed by atoms with E-state index in [-0.39, 0.29) is 6.04 Å². The highest BCUT2D eigenvalue weighted by Gasteiger charge is 2.03. The summed E-state index contributed by atoms with van der Waals surface area (Å²) in [4.78, 5) is 0. The van der Waals surface area contributed by atoms with Crippen LogP contribution in [0, 0.1) is 0 Å². The van der Waals surface area contributed by atoms with E-state index in [1.165, 1.54) is 5.56 Å². The molecule has 0 saturated heterocycles. The van der Waals surface area contributed by atoms with Crippen molar-refractivity contribution in [2.75, 3.05) is 5.43 Å². The minimum absolute atomic E-state index is 0.259. The van der Waals surface area contributed by atoms with Crippen LogP contribution >= 0.6 is 11.6 Å². The predicted molar refractivity (Wildman–Crippen MR) is 63.7 cm³/mol. The molecule has 2 nitrogen and oxygen atoms in total. The zero-order valence-electron chi connectivity index (χ0n) is 8.52. The molecule has 0 saturated carbocycles. The maximum atomic E-state index is 5.83. The molecule has 0 radical (unpaired) electrons. The number of halogens is 1. The van der Waals surface area contributed by atoms with Crippen LogP contribution in [-0.2, 0) is 0 Å². The number of benzene rings is 1. The van der Waals surface area contributed by atoms with Gasteiger partial charge in [0.05, 0.1) is 6.04 Å². The molecule has 1 aromatic heterocycles. The Labute approximate surface area is 94.5 Å².